The largest absolute Gasteiger partial charge is 0.309 e. The average molecular weight is 1850 g/mol. The summed E-state index contributed by atoms with van der Waals surface area (Å²) >= 11 is 7.38. The second-order valence-electron chi connectivity index (χ2n) is 35.0. The molecule has 139 heavy (non-hydrogen) atoms. The van der Waals surface area contributed by atoms with Gasteiger partial charge in [0.1, 0.15) is 0 Å². The molecule has 29 rings (SSSR count). The summed E-state index contributed by atoms with van der Waals surface area (Å²) in [6.07, 6.45) is 1.90. The van der Waals surface area contributed by atoms with E-state index in [9.17, 15) is 0 Å². The van der Waals surface area contributed by atoms with Crippen LogP contribution in [0.25, 0.3) is 265 Å². The van der Waals surface area contributed by atoms with E-state index in [0.29, 0.717) is 11.9 Å². The number of para-hydroxylation sites is 2. The van der Waals surface area contributed by atoms with Crippen molar-refractivity contribution in [3.05, 3.63) is 467 Å². The van der Waals surface area contributed by atoms with Crippen LogP contribution in [-0.2, 0) is 0 Å². The Morgan fingerprint density at radius 3 is 1.04 bits per heavy atom. The smallest absolute Gasteiger partial charge is 0.235 e. The fourth-order valence-corrected chi connectivity index (χ4v) is 25.4. The summed E-state index contributed by atoms with van der Waals surface area (Å²) in [5.41, 5.74) is 26.1. The summed E-state index contributed by atoms with van der Waals surface area (Å²) in [6, 6.07) is 164. The number of thiophene rings is 4. The Labute approximate surface area is 814 Å². The summed E-state index contributed by atoms with van der Waals surface area (Å²) in [6.45, 7) is 0. The van der Waals surface area contributed by atoms with E-state index in [1.807, 2.05) is 81.9 Å². The molecule has 29 aromatic rings. The molecule has 0 aliphatic rings. The number of hydrogen-bond acceptors (Lipinski definition) is 10. The molecule has 0 spiro atoms. The highest BCUT2D eigenvalue weighted by Gasteiger charge is 2.27. The third-order valence-corrected chi connectivity index (χ3v) is 31.8. The van der Waals surface area contributed by atoms with E-state index < -0.39 is 0 Å². The number of benzene rings is 19. The van der Waals surface area contributed by atoms with Gasteiger partial charge in [0.15, 0.2) is 5.82 Å². The molecule has 19 aromatic carbocycles. The van der Waals surface area contributed by atoms with Crippen molar-refractivity contribution in [2.75, 3.05) is 0 Å². The molecule has 0 N–H and O–H groups in total. The van der Waals surface area contributed by atoms with Gasteiger partial charge in [-0.2, -0.15) is 0 Å². The van der Waals surface area contributed by atoms with Gasteiger partial charge in [-0.15, -0.1) is 45.3 Å². The molecule has 650 valence electrons. The lowest BCUT2D eigenvalue weighted by molar-refractivity contribution is 0.993. The van der Waals surface area contributed by atoms with Crippen LogP contribution in [0, 0.1) is 0 Å². The Morgan fingerprint density at radius 2 is 0.525 bits per heavy atom. The molecule has 0 fully saturated rings. The summed E-state index contributed by atoms with van der Waals surface area (Å²) < 4.78 is 17.1. The van der Waals surface area contributed by atoms with Crippen molar-refractivity contribution >= 4 is 191 Å². The summed E-state index contributed by atoms with van der Waals surface area (Å²) in [5.74, 6) is 2.07. The van der Waals surface area contributed by atoms with Gasteiger partial charge < -0.3 is 4.57 Å². The minimum atomic E-state index is 0.655. The maximum atomic E-state index is 5.30. The van der Waals surface area contributed by atoms with Gasteiger partial charge in [-0.3, -0.25) is 9.13 Å². The zero-order chi connectivity index (χ0) is 91.5. The second-order valence-corrected chi connectivity index (χ2v) is 39.2. The summed E-state index contributed by atoms with van der Waals surface area (Å²) in [7, 11) is 0. The molecule has 0 unspecified atom stereocenters. The quantitative estimate of drug-likeness (QED) is 0.121. The van der Waals surface area contributed by atoms with Crippen molar-refractivity contribution in [1.29, 1.82) is 0 Å². The predicted molar refractivity (Wildman–Crippen MR) is 590 cm³/mol. The molecule has 0 aliphatic heterocycles. The molecule has 0 atom stereocenters. The zero-order valence-corrected chi connectivity index (χ0v) is 77.9. The van der Waals surface area contributed by atoms with Gasteiger partial charge >= 0.3 is 0 Å². The minimum absolute atomic E-state index is 0.655. The molecular weight excluding hydrogens is 1770 g/mol. The number of aromatic nitrogens is 9. The van der Waals surface area contributed by atoms with Crippen LogP contribution in [0.15, 0.2) is 467 Å². The van der Waals surface area contributed by atoms with Gasteiger partial charge in [0.25, 0.3) is 0 Å². The predicted octanol–water partition coefficient (Wildman–Crippen LogP) is 35.2. The molecule has 10 heterocycles. The van der Waals surface area contributed by atoms with Crippen LogP contribution in [0.3, 0.4) is 0 Å². The van der Waals surface area contributed by atoms with E-state index in [2.05, 4.69) is 444 Å². The van der Waals surface area contributed by atoms with Crippen LogP contribution >= 0.6 is 45.3 Å². The number of rotatable bonds is 12. The third-order valence-electron chi connectivity index (χ3n) is 27.0. The van der Waals surface area contributed by atoms with Gasteiger partial charge in [0.2, 0.25) is 11.9 Å². The summed E-state index contributed by atoms with van der Waals surface area (Å²) in [5, 5.41) is 17.6. The molecule has 0 bridgehead atoms. The van der Waals surface area contributed by atoms with Crippen LogP contribution in [-0.4, -0.2) is 43.6 Å². The normalized spacial score (nSPS) is 11.7. The van der Waals surface area contributed by atoms with Crippen LogP contribution in [0.1, 0.15) is 0 Å². The van der Waals surface area contributed by atoms with Crippen molar-refractivity contribution < 1.29 is 0 Å². The zero-order valence-electron chi connectivity index (χ0n) is 74.6. The van der Waals surface area contributed by atoms with Crippen LogP contribution in [0.5, 0.6) is 0 Å². The monoisotopic (exact) mass is 1840 g/mol. The maximum Gasteiger partial charge on any atom is 0.235 e. The molecular formula is C126H77N9S4. The maximum absolute atomic E-state index is 5.30. The lowest BCUT2D eigenvalue weighted by atomic mass is 9.99. The molecule has 0 saturated carbocycles. The van der Waals surface area contributed by atoms with E-state index in [1.54, 1.807) is 0 Å². The van der Waals surface area contributed by atoms with E-state index in [4.69, 9.17) is 29.9 Å². The fourth-order valence-electron chi connectivity index (χ4n) is 20.4. The van der Waals surface area contributed by atoms with E-state index in [-0.39, 0.29) is 0 Å². The second kappa shape index (κ2) is 33.9. The van der Waals surface area contributed by atoms with Gasteiger partial charge in [-0.1, -0.05) is 364 Å². The Morgan fingerprint density at radius 1 is 0.173 bits per heavy atom. The molecule has 0 amide bonds. The van der Waals surface area contributed by atoms with Gasteiger partial charge in [0.05, 0.1) is 61.6 Å². The van der Waals surface area contributed by atoms with Gasteiger partial charge in [-0.25, -0.2) is 29.9 Å². The van der Waals surface area contributed by atoms with Crippen molar-refractivity contribution in [2.24, 2.45) is 0 Å². The van der Waals surface area contributed by atoms with E-state index in [1.165, 1.54) is 152 Å². The first-order valence-corrected chi connectivity index (χ1v) is 49.9. The highest BCUT2D eigenvalue weighted by molar-refractivity contribution is 7.28. The fraction of sp³-hybridized carbons (Fsp3) is 0. The molecule has 13 heteroatoms. The Kier molecular flexibility index (Phi) is 19.9. The molecule has 10 aromatic heterocycles. The SMILES string of the molecule is c1ccc(-c2cc(-c3ccccc3)nc(-c3cccc4c3sc3cc5c6ccccc6n(-c6ccccc6)c5cc34)n2)cc1.c1ccc(-c2ccc(-c3ccc4c5c6sc7ccccc7c6ccc5n(-c5nc(-c6ccccc6)cc(-c6ccccc6)n5)c4c3)cc2)cc1.c1ccc(-c2ccc3c4c5sc6ccccc6c5ccc4n(-c4nccc(-c5cccc6c5sc5ccccc56)n4)c3c2)cc1. The third kappa shape index (κ3) is 14.1. The number of hydrogen-bond donors (Lipinski definition) is 0. The van der Waals surface area contributed by atoms with Gasteiger partial charge in [0, 0.05) is 158 Å². The van der Waals surface area contributed by atoms with Crippen molar-refractivity contribution in [1.82, 2.24) is 43.6 Å². The molecule has 9 nitrogen and oxygen atoms in total. The van der Waals surface area contributed by atoms with Crippen LogP contribution in [0.4, 0.5) is 0 Å². The van der Waals surface area contributed by atoms with Crippen LogP contribution < -0.4 is 0 Å². The van der Waals surface area contributed by atoms with Crippen molar-refractivity contribution in [3.63, 3.8) is 0 Å². The van der Waals surface area contributed by atoms with Gasteiger partial charge in [-0.05, 0) is 130 Å². The first-order chi connectivity index (χ1) is 68.9. The summed E-state index contributed by atoms with van der Waals surface area (Å²) in [4.78, 5) is 31.1. The topological polar surface area (TPSA) is 92.1 Å². The Hall–Kier alpha value is -17.3. The molecule has 0 aliphatic carbocycles. The van der Waals surface area contributed by atoms with E-state index in [0.717, 1.165) is 101 Å². The highest BCUT2D eigenvalue weighted by Crippen LogP contribution is 2.50. The molecule has 0 radical (unpaired) electrons. The van der Waals surface area contributed by atoms with Crippen LogP contribution in [0.2, 0.25) is 0 Å². The van der Waals surface area contributed by atoms with Crippen molar-refractivity contribution in [2.45, 2.75) is 0 Å². The minimum Gasteiger partial charge on any atom is -0.309 e. The Balaban J connectivity index is 0.000000105. The highest BCUT2D eigenvalue weighted by atomic mass is 32.1. The van der Waals surface area contributed by atoms with E-state index >= 15 is 0 Å². The lowest BCUT2D eigenvalue weighted by Crippen LogP contribution is -2.04. The number of nitrogens with zero attached hydrogens (tertiary/aromatic N) is 9. The standard InChI is InChI=1S/C46H29N3S.C40H23N3S2.C40H25N3S/c1-4-12-30(13-5-1)31-20-22-32(23-21-31)35-24-25-38-42(28-35)49(41-27-26-37-36-18-10-11-19-43(36)50-45(37)44(38)41)46-47-39(33-14-6-2-7-15-33)29-40(48-46)34-16-8-3-9-17-34;1-2-9-24(10-3-1)25-17-18-31-34(23-25)43(33-20-19-29-27-12-5-7-16-36(27)45-39(29)37(31)33)40-41-22-21-32(42-40)30-14-8-13-28-26-11-4-6-15-35(26)44-38(28)30;1-4-13-26(14-5-1)34-25-35(27-15-6-2-7-16-27)42-40(41-34)31-21-12-20-30-33-23-37-32(24-38(33)44-39(30)31)29-19-10-11-22-36(29)43(37)28-17-8-3-9-18-28/h1-29H;1-23H;1-25H. The average Bonchev–Trinajstić information content (AvgIpc) is 1.53. The first-order valence-electron chi connectivity index (χ1n) is 46.6. The lowest BCUT2D eigenvalue weighted by Gasteiger charge is -2.12. The molecule has 0 saturated heterocycles. The Bertz CT molecular complexity index is 9760. The van der Waals surface area contributed by atoms with Crippen molar-refractivity contribution in [3.8, 4) is 119 Å². The number of fused-ring (bicyclic) bond motifs is 23. The first kappa shape index (κ1) is 81.3.